The molecule has 1 heterocycles. The Morgan fingerprint density at radius 2 is 1.74 bits per heavy atom. The number of hydrogen-bond acceptors (Lipinski definition) is 6. The summed E-state index contributed by atoms with van der Waals surface area (Å²) in [5.41, 5.74) is 5.51. The van der Waals surface area contributed by atoms with Crippen LogP contribution in [0, 0.1) is 0 Å². The molecule has 0 aliphatic carbocycles. The molecule has 0 fully saturated rings. The summed E-state index contributed by atoms with van der Waals surface area (Å²) in [4.78, 5) is 12.3. The van der Waals surface area contributed by atoms with Crippen molar-refractivity contribution in [2.75, 3.05) is 34.0 Å². The molecule has 0 spiro atoms. The molecule has 0 saturated heterocycles. The molecule has 0 bridgehead atoms. The highest BCUT2D eigenvalue weighted by molar-refractivity contribution is 6.17. The van der Waals surface area contributed by atoms with Gasteiger partial charge < -0.3 is 23.7 Å². The summed E-state index contributed by atoms with van der Waals surface area (Å²) in [5.74, 6) is 0.905. The van der Waals surface area contributed by atoms with Gasteiger partial charge in [0.2, 0.25) is 0 Å². The third-order valence-corrected chi connectivity index (χ3v) is 6.02. The van der Waals surface area contributed by atoms with E-state index in [1.54, 1.807) is 0 Å². The van der Waals surface area contributed by atoms with Crippen LogP contribution in [0.5, 0.6) is 11.5 Å². The van der Waals surface area contributed by atoms with Crippen molar-refractivity contribution in [2.45, 2.75) is 39.7 Å². The van der Waals surface area contributed by atoms with Crippen LogP contribution in [0.15, 0.2) is 72.0 Å². The maximum atomic E-state index is 12.3. The van der Waals surface area contributed by atoms with Crippen LogP contribution >= 0.6 is 0 Å². The summed E-state index contributed by atoms with van der Waals surface area (Å²) in [5, 5.41) is 0. The molecule has 0 amide bonds. The van der Waals surface area contributed by atoms with Crippen molar-refractivity contribution in [3.63, 3.8) is 0 Å². The topological polar surface area (TPSA) is 63.2 Å². The Labute approximate surface area is 226 Å². The van der Waals surface area contributed by atoms with Crippen molar-refractivity contribution < 1.29 is 28.5 Å². The first-order chi connectivity index (χ1) is 18.4. The van der Waals surface area contributed by atoms with Crippen molar-refractivity contribution in [2.24, 2.45) is 0 Å². The first-order valence-corrected chi connectivity index (χ1v) is 12.8. The van der Waals surface area contributed by atoms with Gasteiger partial charge in [0.05, 0.1) is 27.1 Å². The monoisotopic (exact) mass is 518 g/mol. The van der Waals surface area contributed by atoms with Crippen molar-refractivity contribution in [3.05, 3.63) is 88.7 Å². The number of benzene rings is 2. The number of fused-ring (bicyclic) bond motifs is 1. The number of esters is 1. The van der Waals surface area contributed by atoms with E-state index < -0.39 is 5.97 Å². The Kier molecular flexibility index (Phi) is 11.2. The molecule has 1 aliphatic heterocycles. The van der Waals surface area contributed by atoms with Gasteiger partial charge >= 0.3 is 5.97 Å². The molecule has 2 aromatic rings. The van der Waals surface area contributed by atoms with Crippen molar-refractivity contribution >= 4 is 23.7 Å². The minimum atomic E-state index is -0.463. The van der Waals surface area contributed by atoms with Crippen LogP contribution in [0.25, 0.3) is 17.7 Å². The van der Waals surface area contributed by atoms with Gasteiger partial charge in [0, 0.05) is 0 Å². The maximum absolute atomic E-state index is 12.3. The maximum Gasteiger partial charge on any atom is 0.341 e. The highest BCUT2D eigenvalue weighted by Gasteiger charge is 2.19. The smallest absolute Gasteiger partial charge is 0.341 e. The Bertz CT molecular complexity index is 1200. The minimum Gasteiger partial charge on any atom is -0.503 e. The van der Waals surface area contributed by atoms with E-state index >= 15 is 0 Å². The van der Waals surface area contributed by atoms with Gasteiger partial charge in [0.25, 0.3) is 0 Å². The van der Waals surface area contributed by atoms with Gasteiger partial charge in [-0.3, -0.25) is 0 Å². The molecule has 0 aromatic heterocycles. The van der Waals surface area contributed by atoms with E-state index in [9.17, 15) is 4.79 Å². The summed E-state index contributed by atoms with van der Waals surface area (Å²) in [7, 11) is 2.85. The lowest BCUT2D eigenvalue weighted by Gasteiger charge is -2.13. The van der Waals surface area contributed by atoms with Crippen molar-refractivity contribution in [1.82, 2.24) is 0 Å². The SMILES string of the molecule is CO/C=C(/C(=O)OC)c1ccccc1/C=C/c1ccc2c(c1)OC[C@@H](OC/C=C(\C)CCC=C(C)C)CO2. The first-order valence-electron chi connectivity index (χ1n) is 12.8. The zero-order valence-corrected chi connectivity index (χ0v) is 23.0. The lowest BCUT2D eigenvalue weighted by Crippen LogP contribution is -2.26. The Morgan fingerprint density at radius 1 is 0.974 bits per heavy atom. The van der Waals surface area contributed by atoms with Crippen LogP contribution in [0.4, 0.5) is 0 Å². The van der Waals surface area contributed by atoms with Crippen LogP contribution in [-0.4, -0.2) is 46.1 Å². The quantitative estimate of drug-likeness (QED) is 0.106. The molecule has 6 nitrogen and oxygen atoms in total. The molecule has 3 rings (SSSR count). The fraction of sp³-hybridized carbons (Fsp3) is 0.344. The lowest BCUT2D eigenvalue weighted by molar-refractivity contribution is -0.133. The molecule has 38 heavy (non-hydrogen) atoms. The van der Waals surface area contributed by atoms with Crippen LogP contribution in [-0.2, 0) is 19.0 Å². The highest BCUT2D eigenvalue weighted by Crippen LogP contribution is 2.32. The van der Waals surface area contributed by atoms with Gasteiger partial charge in [-0.05, 0) is 62.4 Å². The zero-order valence-electron chi connectivity index (χ0n) is 23.0. The van der Waals surface area contributed by atoms with Crippen LogP contribution in [0.2, 0.25) is 0 Å². The predicted molar refractivity (Wildman–Crippen MR) is 152 cm³/mol. The Balaban J connectivity index is 1.64. The fourth-order valence-corrected chi connectivity index (χ4v) is 3.91. The zero-order chi connectivity index (χ0) is 27.3. The molecule has 2 aromatic carbocycles. The largest absolute Gasteiger partial charge is 0.503 e. The van der Waals surface area contributed by atoms with Crippen molar-refractivity contribution in [3.8, 4) is 11.5 Å². The van der Waals surface area contributed by atoms with Gasteiger partial charge in [-0.25, -0.2) is 4.79 Å². The number of methoxy groups -OCH3 is 2. The number of rotatable bonds is 11. The summed E-state index contributed by atoms with van der Waals surface area (Å²) in [6.45, 7) is 7.76. The van der Waals surface area contributed by atoms with Gasteiger partial charge in [-0.1, -0.05) is 65.8 Å². The summed E-state index contributed by atoms with van der Waals surface area (Å²) < 4.78 is 28.0. The minimum absolute atomic E-state index is 0.153. The van der Waals surface area contributed by atoms with E-state index in [1.165, 1.54) is 31.6 Å². The third kappa shape index (κ3) is 8.67. The summed E-state index contributed by atoms with van der Waals surface area (Å²) in [6.07, 6.45) is 11.6. The molecule has 1 aliphatic rings. The van der Waals surface area contributed by atoms with E-state index in [-0.39, 0.29) is 6.10 Å². The van der Waals surface area contributed by atoms with Gasteiger partial charge in [0.15, 0.2) is 11.5 Å². The molecule has 0 unspecified atom stereocenters. The molecule has 6 heteroatoms. The fourth-order valence-electron chi connectivity index (χ4n) is 3.91. The predicted octanol–water partition coefficient (Wildman–Crippen LogP) is 6.87. The average molecular weight is 519 g/mol. The Hall–Kier alpha value is -3.77. The number of hydrogen-bond donors (Lipinski definition) is 0. The van der Waals surface area contributed by atoms with E-state index in [0.717, 1.165) is 24.0 Å². The standard InChI is InChI=1S/C32H38O6/c1-23(2)9-8-10-24(3)17-18-36-27-20-37-30-16-14-25(19-31(30)38-21-27)13-15-26-11-6-7-12-28(26)29(22-34-4)32(33)35-5/h6-7,9,11-17,19,22,27H,8,10,18,20-21H2,1-5H3/b15-13+,24-17+,29-22+/t27-/m0/s1. The van der Waals surface area contributed by atoms with E-state index in [4.69, 9.17) is 23.7 Å². The normalized spacial score (nSPS) is 15.7. The first kappa shape index (κ1) is 28.8. The number of carbonyl (C=O) groups excluding carboxylic acids is 1. The lowest BCUT2D eigenvalue weighted by atomic mass is 9.99. The van der Waals surface area contributed by atoms with Gasteiger partial charge in [0.1, 0.15) is 24.9 Å². The second-order valence-electron chi connectivity index (χ2n) is 9.33. The number of allylic oxidation sites excluding steroid dienone is 3. The van der Waals surface area contributed by atoms with Crippen LogP contribution in [0.1, 0.15) is 50.3 Å². The van der Waals surface area contributed by atoms with Gasteiger partial charge in [-0.15, -0.1) is 0 Å². The molecular weight excluding hydrogens is 480 g/mol. The number of ether oxygens (including phenoxy) is 5. The Morgan fingerprint density at radius 3 is 2.47 bits per heavy atom. The molecule has 1 atom stereocenters. The highest BCUT2D eigenvalue weighted by atomic mass is 16.6. The average Bonchev–Trinajstić information content (AvgIpc) is 3.12. The molecule has 0 N–H and O–H groups in total. The van der Waals surface area contributed by atoms with Gasteiger partial charge in [-0.2, -0.15) is 0 Å². The molecule has 0 radical (unpaired) electrons. The summed E-state index contributed by atoms with van der Waals surface area (Å²) >= 11 is 0. The van der Waals surface area contributed by atoms with Crippen LogP contribution < -0.4 is 9.47 Å². The van der Waals surface area contributed by atoms with E-state index in [1.807, 2.05) is 54.6 Å². The summed E-state index contributed by atoms with van der Waals surface area (Å²) in [6, 6.07) is 13.4. The van der Waals surface area contributed by atoms with E-state index in [0.29, 0.717) is 42.5 Å². The second kappa shape index (κ2) is 14.8. The number of carbonyl (C=O) groups is 1. The molecule has 0 saturated carbocycles. The molecular formula is C32H38O6. The third-order valence-electron chi connectivity index (χ3n) is 6.02. The second-order valence-corrected chi connectivity index (χ2v) is 9.33. The van der Waals surface area contributed by atoms with Crippen LogP contribution in [0.3, 0.4) is 0 Å². The van der Waals surface area contributed by atoms with Crippen molar-refractivity contribution in [1.29, 1.82) is 0 Å². The van der Waals surface area contributed by atoms with E-state index in [2.05, 4.69) is 32.9 Å². The molecule has 202 valence electrons.